The van der Waals surface area contributed by atoms with Crippen molar-refractivity contribution in [3.8, 4) is 32.3 Å². The van der Waals surface area contributed by atoms with Crippen LogP contribution in [0.25, 0.3) is 32.3 Å². The van der Waals surface area contributed by atoms with Crippen LogP contribution in [0.4, 0.5) is 0 Å². The molecule has 0 radical (unpaired) electrons. The van der Waals surface area contributed by atoms with Crippen molar-refractivity contribution in [2.24, 2.45) is 0 Å². The predicted molar refractivity (Wildman–Crippen MR) is 96.2 cm³/mol. The van der Waals surface area contributed by atoms with E-state index in [0.29, 0.717) is 0 Å². The molecule has 0 saturated carbocycles. The maximum atomic E-state index is 4.33. The second kappa shape index (κ2) is 6.15. The van der Waals surface area contributed by atoms with Crippen LogP contribution in [-0.2, 0) is 0 Å². The van der Waals surface area contributed by atoms with E-state index in [9.17, 15) is 0 Å². The number of hydrogen-bond donors (Lipinski definition) is 0. The van der Waals surface area contributed by atoms with E-state index >= 15 is 0 Å². The predicted octanol–water partition coefficient (Wildman–Crippen LogP) is 5.54. The normalized spacial score (nSPS) is 10.6. The molecule has 0 saturated heterocycles. The summed E-state index contributed by atoms with van der Waals surface area (Å²) in [5, 5.41) is 10.5. The molecule has 2 nitrogen and oxygen atoms in total. The van der Waals surface area contributed by atoms with Gasteiger partial charge in [0.05, 0.1) is 0 Å². The maximum absolute atomic E-state index is 4.33. The minimum atomic E-state index is 0.948. The lowest BCUT2D eigenvalue weighted by Gasteiger charge is -2.02. The van der Waals surface area contributed by atoms with Gasteiger partial charge in [-0.25, -0.2) is 0 Å². The Morgan fingerprint density at radius 2 is 0.826 bits per heavy atom. The molecule has 0 N–H and O–H groups in total. The highest BCUT2D eigenvalue weighted by Crippen LogP contribution is 2.31. The number of rotatable bonds is 3. The molecule has 0 aliphatic heterocycles. The molecular formula is C20H14N2S. The first-order valence-electron chi connectivity index (χ1n) is 7.45. The van der Waals surface area contributed by atoms with Crippen LogP contribution in [-0.4, -0.2) is 10.2 Å². The maximum Gasteiger partial charge on any atom is 0.148 e. The van der Waals surface area contributed by atoms with Gasteiger partial charge in [-0.1, -0.05) is 96.3 Å². The van der Waals surface area contributed by atoms with Crippen LogP contribution >= 0.6 is 11.3 Å². The molecule has 110 valence electrons. The molecule has 0 aliphatic rings. The summed E-state index contributed by atoms with van der Waals surface area (Å²) in [5.74, 6) is 0. The largest absolute Gasteiger partial charge is 0.148 e. The van der Waals surface area contributed by atoms with Crippen LogP contribution in [0.5, 0.6) is 0 Å². The molecule has 0 aliphatic carbocycles. The van der Waals surface area contributed by atoms with E-state index in [1.165, 1.54) is 11.1 Å². The molecular weight excluding hydrogens is 300 g/mol. The van der Waals surface area contributed by atoms with Gasteiger partial charge in [0, 0.05) is 11.1 Å². The zero-order chi connectivity index (χ0) is 15.5. The quantitative estimate of drug-likeness (QED) is 0.496. The first-order chi connectivity index (χ1) is 11.4. The number of benzene rings is 3. The van der Waals surface area contributed by atoms with Crippen molar-refractivity contribution in [3.63, 3.8) is 0 Å². The van der Waals surface area contributed by atoms with Crippen molar-refractivity contribution in [2.75, 3.05) is 0 Å². The van der Waals surface area contributed by atoms with Crippen LogP contribution in [0.2, 0.25) is 0 Å². The fourth-order valence-electron chi connectivity index (χ4n) is 2.47. The fourth-order valence-corrected chi connectivity index (χ4v) is 3.33. The highest BCUT2D eigenvalue weighted by molar-refractivity contribution is 7.17. The lowest BCUT2D eigenvalue weighted by Crippen LogP contribution is -1.79. The number of hydrogen-bond acceptors (Lipinski definition) is 3. The van der Waals surface area contributed by atoms with Gasteiger partial charge in [-0.3, -0.25) is 0 Å². The second-order valence-corrected chi connectivity index (χ2v) is 6.20. The van der Waals surface area contributed by atoms with Crippen LogP contribution in [0.15, 0.2) is 84.9 Å². The third-order valence-corrected chi connectivity index (χ3v) is 4.71. The van der Waals surface area contributed by atoms with Gasteiger partial charge in [-0.05, 0) is 11.1 Å². The Morgan fingerprint density at radius 1 is 0.435 bits per heavy atom. The van der Waals surface area contributed by atoms with E-state index in [1.54, 1.807) is 11.3 Å². The highest BCUT2D eigenvalue weighted by atomic mass is 32.1. The third kappa shape index (κ3) is 2.91. The first-order valence-corrected chi connectivity index (χ1v) is 8.26. The number of aromatic nitrogens is 2. The summed E-state index contributed by atoms with van der Waals surface area (Å²) in [6, 6.07) is 29.0. The molecule has 1 aromatic heterocycles. The average molecular weight is 314 g/mol. The lowest BCUT2D eigenvalue weighted by atomic mass is 10.0. The van der Waals surface area contributed by atoms with Gasteiger partial charge in [-0.2, -0.15) is 0 Å². The average Bonchev–Trinajstić information content (AvgIpc) is 3.14. The molecule has 0 bridgehead atoms. The SMILES string of the molecule is c1ccc(-c2ccc(-c3nnc(-c4ccccc4)s3)cc2)cc1. The van der Waals surface area contributed by atoms with E-state index in [1.807, 2.05) is 24.3 Å². The molecule has 3 heteroatoms. The zero-order valence-corrected chi connectivity index (χ0v) is 13.2. The smallest absolute Gasteiger partial charge is 0.138 e. The van der Waals surface area contributed by atoms with Crippen molar-refractivity contribution in [1.82, 2.24) is 10.2 Å². The third-order valence-electron chi connectivity index (χ3n) is 3.68. The Bertz CT molecular complexity index is 897. The molecule has 0 fully saturated rings. The van der Waals surface area contributed by atoms with E-state index < -0.39 is 0 Å². The van der Waals surface area contributed by atoms with E-state index in [4.69, 9.17) is 0 Å². The van der Waals surface area contributed by atoms with Gasteiger partial charge in [0.2, 0.25) is 0 Å². The molecule has 1 heterocycles. The van der Waals surface area contributed by atoms with Crippen molar-refractivity contribution in [1.29, 1.82) is 0 Å². The molecule has 0 spiro atoms. The van der Waals surface area contributed by atoms with Gasteiger partial charge in [0.1, 0.15) is 10.0 Å². The fraction of sp³-hybridized carbons (Fsp3) is 0. The monoisotopic (exact) mass is 314 g/mol. The summed E-state index contributed by atoms with van der Waals surface area (Å²) in [5.41, 5.74) is 4.64. The van der Waals surface area contributed by atoms with Crippen LogP contribution in [0.1, 0.15) is 0 Å². The van der Waals surface area contributed by atoms with E-state index in [2.05, 4.69) is 70.9 Å². The Labute approximate surface area is 139 Å². The first kappa shape index (κ1) is 13.9. The summed E-state index contributed by atoms with van der Waals surface area (Å²) >= 11 is 1.62. The second-order valence-electron chi connectivity index (χ2n) is 5.22. The van der Waals surface area contributed by atoms with Gasteiger partial charge >= 0.3 is 0 Å². The van der Waals surface area contributed by atoms with Gasteiger partial charge in [0.25, 0.3) is 0 Å². The van der Waals surface area contributed by atoms with Crippen LogP contribution in [0.3, 0.4) is 0 Å². The van der Waals surface area contributed by atoms with Gasteiger partial charge in [-0.15, -0.1) is 10.2 Å². The molecule has 0 amide bonds. The summed E-state index contributed by atoms with van der Waals surface area (Å²) in [4.78, 5) is 0. The molecule has 0 atom stereocenters. The molecule has 23 heavy (non-hydrogen) atoms. The van der Waals surface area contributed by atoms with Crippen molar-refractivity contribution < 1.29 is 0 Å². The van der Waals surface area contributed by atoms with Gasteiger partial charge in [0.15, 0.2) is 0 Å². The number of nitrogens with zero attached hydrogens (tertiary/aromatic N) is 2. The Balaban J connectivity index is 1.63. The zero-order valence-electron chi connectivity index (χ0n) is 12.4. The Kier molecular flexibility index (Phi) is 3.70. The van der Waals surface area contributed by atoms with Crippen molar-refractivity contribution in [3.05, 3.63) is 84.9 Å². The minimum Gasteiger partial charge on any atom is -0.138 e. The van der Waals surface area contributed by atoms with Gasteiger partial charge < -0.3 is 0 Å². The van der Waals surface area contributed by atoms with Crippen LogP contribution < -0.4 is 0 Å². The van der Waals surface area contributed by atoms with Crippen LogP contribution in [0, 0.1) is 0 Å². The highest BCUT2D eigenvalue weighted by Gasteiger charge is 2.08. The van der Waals surface area contributed by atoms with Crippen molar-refractivity contribution in [2.45, 2.75) is 0 Å². The molecule has 3 aromatic carbocycles. The minimum absolute atomic E-state index is 0.948. The van der Waals surface area contributed by atoms with E-state index in [-0.39, 0.29) is 0 Å². The molecule has 4 aromatic rings. The summed E-state index contributed by atoms with van der Waals surface area (Å²) in [6.07, 6.45) is 0. The Hall–Kier alpha value is -2.78. The Morgan fingerprint density at radius 3 is 1.39 bits per heavy atom. The topological polar surface area (TPSA) is 25.8 Å². The lowest BCUT2D eigenvalue weighted by molar-refractivity contribution is 1.10. The molecule has 4 rings (SSSR count). The summed E-state index contributed by atoms with van der Waals surface area (Å²) in [7, 11) is 0. The molecule has 0 unspecified atom stereocenters. The van der Waals surface area contributed by atoms with E-state index in [0.717, 1.165) is 21.1 Å². The summed E-state index contributed by atoms with van der Waals surface area (Å²) in [6.45, 7) is 0. The summed E-state index contributed by atoms with van der Waals surface area (Å²) < 4.78 is 0. The van der Waals surface area contributed by atoms with Crippen molar-refractivity contribution >= 4 is 11.3 Å². The standard InChI is InChI=1S/C20H14N2S/c1-3-7-15(8-4-1)16-11-13-18(14-12-16)20-22-21-19(23-20)17-9-5-2-6-10-17/h1-14H.